The number of morpholine rings is 1. The normalized spacial score (nSPS) is 24.7. The van der Waals surface area contributed by atoms with E-state index in [2.05, 4.69) is 15.3 Å². The van der Waals surface area contributed by atoms with Gasteiger partial charge in [0.2, 0.25) is 5.95 Å². The highest BCUT2D eigenvalue weighted by Crippen LogP contribution is 2.22. The van der Waals surface area contributed by atoms with Gasteiger partial charge in [-0.1, -0.05) is 0 Å². The number of carbonyl (C=O) groups is 1. The number of aryl methyl sites for hydroxylation is 1. The molecule has 1 aromatic heterocycles. The summed E-state index contributed by atoms with van der Waals surface area (Å²) in [5.74, 6) is 0.550. The van der Waals surface area contributed by atoms with E-state index in [9.17, 15) is 4.79 Å². The molecule has 0 saturated carbocycles. The molecule has 2 fully saturated rings. The van der Waals surface area contributed by atoms with E-state index in [1.165, 1.54) is 0 Å². The summed E-state index contributed by atoms with van der Waals surface area (Å²) in [6.45, 7) is 6.07. The van der Waals surface area contributed by atoms with Gasteiger partial charge in [0.1, 0.15) is 5.60 Å². The molecule has 8 nitrogen and oxygen atoms in total. The maximum absolute atomic E-state index is 12.9. The number of anilines is 1. The van der Waals surface area contributed by atoms with Crippen molar-refractivity contribution < 1.29 is 14.3 Å². The van der Waals surface area contributed by atoms with Crippen molar-refractivity contribution in [1.82, 2.24) is 20.2 Å². The molecule has 0 bridgehead atoms. The fourth-order valence-corrected chi connectivity index (χ4v) is 3.03. The molecular weight excluding hydrogens is 310 g/mol. The van der Waals surface area contributed by atoms with Crippen LogP contribution in [0.5, 0.6) is 0 Å². The zero-order valence-electron chi connectivity index (χ0n) is 14.5. The van der Waals surface area contributed by atoms with Crippen LogP contribution >= 0.6 is 0 Å². The van der Waals surface area contributed by atoms with Crippen molar-refractivity contribution in [3.05, 3.63) is 17.5 Å². The molecule has 1 amide bonds. The molecule has 8 heteroatoms. The minimum absolute atomic E-state index is 0.0512. The SMILES string of the molecule is Cc1nc(N(C)C)ncc1C(=O)N1CCO[C@]2(CNCCOC2)C1. The van der Waals surface area contributed by atoms with Crippen LogP contribution < -0.4 is 10.2 Å². The van der Waals surface area contributed by atoms with E-state index >= 15 is 0 Å². The number of nitrogens with zero attached hydrogens (tertiary/aromatic N) is 4. The highest BCUT2D eigenvalue weighted by atomic mass is 16.5. The number of carbonyl (C=O) groups excluding carboxylic acids is 1. The van der Waals surface area contributed by atoms with Crippen LogP contribution in [0.25, 0.3) is 0 Å². The van der Waals surface area contributed by atoms with E-state index in [1.807, 2.05) is 30.8 Å². The van der Waals surface area contributed by atoms with Crippen molar-refractivity contribution in [2.75, 3.05) is 65.0 Å². The maximum atomic E-state index is 12.9. The first-order chi connectivity index (χ1) is 11.5. The molecule has 2 aliphatic rings. The minimum atomic E-state index is -0.469. The summed E-state index contributed by atoms with van der Waals surface area (Å²) in [4.78, 5) is 25.2. The molecule has 0 unspecified atom stereocenters. The molecule has 0 aliphatic carbocycles. The highest BCUT2D eigenvalue weighted by molar-refractivity contribution is 5.95. The van der Waals surface area contributed by atoms with Crippen LogP contribution in [0, 0.1) is 6.92 Å². The van der Waals surface area contributed by atoms with Crippen molar-refractivity contribution >= 4 is 11.9 Å². The van der Waals surface area contributed by atoms with Crippen LogP contribution in [0.4, 0.5) is 5.95 Å². The topological polar surface area (TPSA) is 79.8 Å². The van der Waals surface area contributed by atoms with Gasteiger partial charge in [0.25, 0.3) is 5.91 Å². The molecule has 2 saturated heterocycles. The Morgan fingerprint density at radius 3 is 3.00 bits per heavy atom. The molecule has 24 heavy (non-hydrogen) atoms. The lowest BCUT2D eigenvalue weighted by molar-refractivity contribution is -0.125. The fraction of sp³-hybridized carbons (Fsp3) is 0.688. The van der Waals surface area contributed by atoms with Gasteiger partial charge in [-0.2, -0.15) is 0 Å². The van der Waals surface area contributed by atoms with Gasteiger partial charge < -0.3 is 24.6 Å². The Balaban J connectivity index is 1.77. The third-order valence-corrected chi connectivity index (χ3v) is 4.37. The number of aromatic nitrogens is 2. The summed E-state index contributed by atoms with van der Waals surface area (Å²) in [6.07, 6.45) is 1.62. The second-order valence-electron chi connectivity index (χ2n) is 6.55. The molecule has 3 rings (SSSR count). The molecule has 1 aromatic rings. The molecule has 3 heterocycles. The zero-order valence-corrected chi connectivity index (χ0v) is 14.5. The molecular formula is C16H25N5O3. The lowest BCUT2D eigenvalue weighted by atomic mass is 10.0. The van der Waals surface area contributed by atoms with Gasteiger partial charge in [-0.25, -0.2) is 9.97 Å². The Kier molecular flexibility index (Phi) is 4.98. The predicted molar refractivity (Wildman–Crippen MR) is 89.4 cm³/mol. The smallest absolute Gasteiger partial charge is 0.257 e. The van der Waals surface area contributed by atoms with Crippen LogP contribution in [0.3, 0.4) is 0 Å². The number of rotatable bonds is 2. The van der Waals surface area contributed by atoms with Gasteiger partial charge in [-0.15, -0.1) is 0 Å². The van der Waals surface area contributed by atoms with E-state index in [0.29, 0.717) is 56.7 Å². The second kappa shape index (κ2) is 7.00. The van der Waals surface area contributed by atoms with Crippen molar-refractivity contribution in [2.24, 2.45) is 0 Å². The Labute approximate surface area is 142 Å². The molecule has 132 valence electrons. The first-order valence-corrected chi connectivity index (χ1v) is 8.23. The van der Waals surface area contributed by atoms with Gasteiger partial charge >= 0.3 is 0 Å². The molecule has 0 aromatic carbocycles. The van der Waals surface area contributed by atoms with Gasteiger partial charge in [0.05, 0.1) is 37.6 Å². The summed E-state index contributed by atoms with van der Waals surface area (Å²) in [7, 11) is 3.75. The lowest BCUT2D eigenvalue weighted by Gasteiger charge is -2.41. The van der Waals surface area contributed by atoms with Crippen LogP contribution in [-0.2, 0) is 9.47 Å². The summed E-state index contributed by atoms with van der Waals surface area (Å²) >= 11 is 0. The standard InChI is InChI=1S/C16H25N5O3/c1-12-13(8-18-15(19-12)20(2)3)14(22)21-5-7-24-16(10-21)9-17-4-6-23-11-16/h8,17H,4-7,9-11H2,1-3H3/t16-/m1/s1. The molecule has 1 atom stereocenters. The van der Waals surface area contributed by atoms with Crippen molar-refractivity contribution in [3.8, 4) is 0 Å². The van der Waals surface area contributed by atoms with Gasteiger partial charge in [-0.3, -0.25) is 4.79 Å². The Morgan fingerprint density at radius 1 is 1.42 bits per heavy atom. The molecule has 1 N–H and O–H groups in total. The minimum Gasteiger partial charge on any atom is -0.377 e. The van der Waals surface area contributed by atoms with Crippen LogP contribution in [0.2, 0.25) is 0 Å². The highest BCUT2D eigenvalue weighted by Gasteiger charge is 2.40. The lowest BCUT2D eigenvalue weighted by Crippen LogP contribution is -2.59. The van der Waals surface area contributed by atoms with Gasteiger partial charge in [-0.05, 0) is 6.92 Å². The van der Waals surface area contributed by atoms with Crippen molar-refractivity contribution in [1.29, 1.82) is 0 Å². The van der Waals surface area contributed by atoms with E-state index in [1.54, 1.807) is 6.20 Å². The average molecular weight is 335 g/mol. The third kappa shape index (κ3) is 3.50. The van der Waals surface area contributed by atoms with Crippen LogP contribution in [0.15, 0.2) is 6.20 Å². The maximum Gasteiger partial charge on any atom is 0.257 e. The second-order valence-corrected chi connectivity index (χ2v) is 6.55. The number of amides is 1. The quantitative estimate of drug-likeness (QED) is 0.793. The summed E-state index contributed by atoms with van der Waals surface area (Å²) in [5, 5.41) is 3.32. The largest absolute Gasteiger partial charge is 0.377 e. The van der Waals surface area contributed by atoms with E-state index < -0.39 is 5.60 Å². The van der Waals surface area contributed by atoms with E-state index in [-0.39, 0.29) is 5.91 Å². The zero-order chi connectivity index (χ0) is 17.2. The number of hydrogen-bond donors (Lipinski definition) is 1. The average Bonchev–Trinajstić information content (AvgIpc) is 2.79. The number of nitrogens with one attached hydrogen (secondary N) is 1. The number of hydrogen-bond acceptors (Lipinski definition) is 7. The predicted octanol–water partition coefficient (Wildman–Crippen LogP) is -0.318. The number of ether oxygens (including phenoxy) is 2. The molecule has 1 spiro atoms. The van der Waals surface area contributed by atoms with Crippen molar-refractivity contribution in [3.63, 3.8) is 0 Å². The summed E-state index contributed by atoms with van der Waals surface area (Å²) in [6, 6.07) is 0. The van der Waals surface area contributed by atoms with Crippen LogP contribution in [0.1, 0.15) is 16.1 Å². The van der Waals surface area contributed by atoms with Crippen LogP contribution in [-0.4, -0.2) is 86.5 Å². The van der Waals surface area contributed by atoms with Crippen molar-refractivity contribution in [2.45, 2.75) is 12.5 Å². The summed E-state index contributed by atoms with van der Waals surface area (Å²) in [5.41, 5.74) is 0.762. The molecule has 0 radical (unpaired) electrons. The monoisotopic (exact) mass is 335 g/mol. The Morgan fingerprint density at radius 2 is 2.25 bits per heavy atom. The Bertz CT molecular complexity index is 599. The first kappa shape index (κ1) is 17.1. The van der Waals surface area contributed by atoms with Gasteiger partial charge in [0, 0.05) is 39.9 Å². The Hall–Kier alpha value is -1.77. The summed E-state index contributed by atoms with van der Waals surface area (Å²) < 4.78 is 11.6. The molecule has 2 aliphatic heterocycles. The van der Waals surface area contributed by atoms with E-state index in [4.69, 9.17) is 9.47 Å². The fourth-order valence-electron chi connectivity index (χ4n) is 3.03. The first-order valence-electron chi connectivity index (χ1n) is 8.23. The van der Waals surface area contributed by atoms with E-state index in [0.717, 1.165) is 6.54 Å². The third-order valence-electron chi connectivity index (χ3n) is 4.37. The van der Waals surface area contributed by atoms with Gasteiger partial charge in [0.15, 0.2) is 0 Å².